The van der Waals surface area contributed by atoms with E-state index in [1.165, 1.54) is 0 Å². The molecule has 1 aromatic rings. The Labute approximate surface area is 97.0 Å². The monoisotopic (exact) mass is 246 g/mol. The molecule has 1 fully saturated rings. The van der Waals surface area contributed by atoms with Crippen molar-refractivity contribution in [2.24, 2.45) is 0 Å². The summed E-state index contributed by atoms with van der Waals surface area (Å²) in [5.41, 5.74) is -0.693. The Morgan fingerprint density at radius 1 is 1.47 bits per heavy atom. The molecule has 0 saturated carbocycles. The summed E-state index contributed by atoms with van der Waals surface area (Å²) in [4.78, 5) is 3.88. The summed E-state index contributed by atoms with van der Waals surface area (Å²) in [6.45, 7) is 2.51. The van der Waals surface area contributed by atoms with Crippen molar-refractivity contribution in [3.8, 4) is 0 Å². The van der Waals surface area contributed by atoms with E-state index in [1.54, 1.807) is 0 Å². The van der Waals surface area contributed by atoms with Crippen LogP contribution in [0.1, 0.15) is 18.9 Å². The van der Waals surface area contributed by atoms with Gasteiger partial charge < -0.3 is 10.1 Å². The van der Waals surface area contributed by atoms with Crippen molar-refractivity contribution in [3.63, 3.8) is 0 Å². The third kappa shape index (κ3) is 2.88. The predicted molar refractivity (Wildman–Crippen MR) is 56.7 cm³/mol. The molecule has 0 spiro atoms. The van der Waals surface area contributed by atoms with Gasteiger partial charge in [-0.25, -0.2) is 4.98 Å². The standard InChI is InChI=1S/C11H13F3N2O/c1-7-9(3-5-17-7)16-10-6-8(2-4-15-10)11(12,13)14/h2,4,6-7,9H,3,5H2,1H3,(H,15,16). The third-order valence-electron chi connectivity index (χ3n) is 2.80. The molecule has 0 aromatic carbocycles. The van der Waals surface area contributed by atoms with Crippen LogP contribution in [0.3, 0.4) is 0 Å². The van der Waals surface area contributed by atoms with E-state index in [9.17, 15) is 13.2 Å². The van der Waals surface area contributed by atoms with Crippen LogP contribution in [0.2, 0.25) is 0 Å². The summed E-state index contributed by atoms with van der Waals surface area (Å²) >= 11 is 0. The second-order valence-electron chi connectivity index (χ2n) is 4.04. The number of hydrogen-bond donors (Lipinski definition) is 1. The van der Waals surface area contributed by atoms with Crippen molar-refractivity contribution < 1.29 is 17.9 Å². The highest BCUT2D eigenvalue weighted by Crippen LogP contribution is 2.30. The lowest BCUT2D eigenvalue weighted by molar-refractivity contribution is -0.137. The third-order valence-corrected chi connectivity index (χ3v) is 2.80. The topological polar surface area (TPSA) is 34.1 Å². The average molecular weight is 246 g/mol. The van der Waals surface area contributed by atoms with Gasteiger partial charge in [0.2, 0.25) is 0 Å². The minimum absolute atomic E-state index is 0.00802. The molecule has 1 aromatic heterocycles. The highest BCUT2D eigenvalue weighted by molar-refractivity contribution is 5.40. The molecule has 0 aliphatic carbocycles. The maximum atomic E-state index is 12.5. The molecule has 6 heteroatoms. The average Bonchev–Trinajstić information content (AvgIpc) is 2.64. The quantitative estimate of drug-likeness (QED) is 0.871. The fourth-order valence-electron chi connectivity index (χ4n) is 1.80. The Hall–Kier alpha value is -1.30. The number of halogens is 3. The molecule has 0 amide bonds. The number of ether oxygens (including phenoxy) is 1. The van der Waals surface area contributed by atoms with Gasteiger partial charge in [-0.05, 0) is 25.5 Å². The lowest BCUT2D eigenvalue weighted by Crippen LogP contribution is -2.27. The number of alkyl halides is 3. The normalized spacial score (nSPS) is 24.9. The van der Waals surface area contributed by atoms with Crippen LogP contribution < -0.4 is 5.32 Å². The van der Waals surface area contributed by atoms with Crippen molar-refractivity contribution >= 4 is 5.82 Å². The first-order valence-electron chi connectivity index (χ1n) is 5.38. The maximum Gasteiger partial charge on any atom is 0.416 e. The van der Waals surface area contributed by atoms with Crippen LogP contribution in [0.25, 0.3) is 0 Å². The minimum Gasteiger partial charge on any atom is -0.376 e. The Kier molecular flexibility index (Phi) is 3.24. The lowest BCUT2D eigenvalue weighted by atomic mass is 10.1. The van der Waals surface area contributed by atoms with Crippen molar-refractivity contribution in [3.05, 3.63) is 23.9 Å². The maximum absolute atomic E-state index is 12.5. The summed E-state index contributed by atoms with van der Waals surface area (Å²) in [6.07, 6.45) is -2.41. The van der Waals surface area contributed by atoms with E-state index in [4.69, 9.17) is 4.74 Å². The Bertz CT molecular complexity index is 395. The molecule has 1 N–H and O–H groups in total. The molecule has 1 aliphatic heterocycles. The van der Waals surface area contributed by atoms with Gasteiger partial charge in [-0.2, -0.15) is 13.2 Å². The van der Waals surface area contributed by atoms with Gasteiger partial charge >= 0.3 is 6.18 Å². The van der Waals surface area contributed by atoms with Gasteiger partial charge in [-0.15, -0.1) is 0 Å². The number of hydrogen-bond acceptors (Lipinski definition) is 3. The van der Waals surface area contributed by atoms with Gasteiger partial charge in [0.25, 0.3) is 0 Å². The largest absolute Gasteiger partial charge is 0.416 e. The summed E-state index contributed by atoms with van der Waals surface area (Å²) in [5, 5.41) is 2.97. The Morgan fingerprint density at radius 3 is 2.82 bits per heavy atom. The molecular formula is C11H13F3N2O. The van der Waals surface area contributed by atoms with Crippen molar-refractivity contribution in [1.29, 1.82) is 0 Å². The fraction of sp³-hybridized carbons (Fsp3) is 0.545. The van der Waals surface area contributed by atoms with E-state index >= 15 is 0 Å². The van der Waals surface area contributed by atoms with E-state index in [-0.39, 0.29) is 18.0 Å². The second kappa shape index (κ2) is 4.52. The zero-order valence-electron chi connectivity index (χ0n) is 9.29. The molecule has 17 heavy (non-hydrogen) atoms. The van der Waals surface area contributed by atoms with E-state index in [0.29, 0.717) is 6.61 Å². The molecule has 94 valence electrons. The highest BCUT2D eigenvalue weighted by Gasteiger charge is 2.31. The second-order valence-corrected chi connectivity index (χ2v) is 4.04. The van der Waals surface area contributed by atoms with Crippen molar-refractivity contribution in [2.45, 2.75) is 31.7 Å². The van der Waals surface area contributed by atoms with Gasteiger partial charge in [0.1, 0.15) is 5.82 Å². The number of aromatic nitrogens is 1. The number of rotatable bonds is 2. The zero-order chi connectivity index (χ0) is 12.5. The van der Waals surface area contributed by atoms with Crippen LogP contribution in [0.15, 0.2) is 18.3 Å². The van der Waals surface area contributed by atoms with Gasteiger partial charge in [0.15, 0.2) is 0 Å². The van der Waals surface area contributed by atoms with Gasteiger partial charge in [0.05, 0.1) is 17.7 Å². The number of anilines is 1. The summed E-state index contributed by atoms with van der Waals surface area (Å²) < 4.78 is 42.8. The van der Waals surface area contributed by atoms with Crippen LogP contribution >= 0.6 is 0 Å². The fourth-order valence-corrected chi connectivity index (χ4v) is 1.80. The Morgan fingerprint density at radius 2 is 2.24 bits per heavy atom. The summed E-state index contributed by atoms with van der Waals surface area (Å²) in [7, 11) is 0. The van der Waals surface area contributed by atoms with Crippen LogP contribution in [-0.2, 0) is 10.9 Å². The molecule has 0 bridgehead atoms. The molecule has 2 atom stereocenters. The first kappa shape index (κ1) is 12.2. The zero-order valence-corrected chi connectivity index (χ0v) is 9.29. The number of nitrogens with zero attached hydrogens (tertiary/aromatic N) is 1. The Balaban J connectivity index is 2.11. The smallest absolute Gasteiger partial charge is 0.376 e. The molecule has 2 rings (SSSR count). The van der Waals surface area contributed by atoms with Gasteiger partial charge in [-0.1, -0.05) is 0 Å². The first-order valence-corrected chi connectivity index (χ1v) is 5.38. The predicted octanol–water partition coefficient (Wildman–Crippen LogP) is 2.69. The van der Waals surface area contributed by atoms with Crippen LogP contribution in [0.4, 0.5) is 19.0 Å². The van der Waals surface area contributed by atoms with E-state index in [0.717, 1.165) is 24.8 Å². The van der Waals surface area contributed by atoms with Crippen LogP contribution in [-0.4, -0.2) is 23.7 Å². The van der Waals surface area contributed by atoms with E-state index < -0.39 is 11.7 Å². The molecular weight excluding hydrogens is 233 g/mol. The van der Waals surface area contributed by atoms with Crippen LogP contribution in [0.5, 0.6) is 0 Å². The first-order chi connectivity index (χ1) is 7.97. The molecule has 1 aliphatic rings. The summed E-state index contributed by atoms with van der Waals surface area (Å²) in [5.74, 6) is 0.238. The van der Waals surface area contributed by atoms with Crippen LogP contribution in [0, 0.1) is 0 Å². The van der Waals surface area contributed by atoms with Crippen molar-refractivity contribution in [2.75, 3.05) is 11.9 Å². The molecule has 3 nitrogen and oxygen atoms in total. The molecule has 2 unspecified atom stereocenters. The highest BCUT2D eigenvalue weighted by atomic mass is 19.4. The SMILES string of the molecule is CC1OCCC1Nc1cc(C(F)(F)F)ccn1. The molecule has 2 heterocycles. The molecule has 1 saturated heterocycles. The van der Waals surface area contributed by atoms with E-state index in [2.05, 4.69) is 10.3 Å². The molecule has 0 radical (unpaired) electrons. The van der Waals surface area contributed by atoms with Gasteiger partial charge in [-0.3, -0.25) is 0 Å². The lowest BCUT2D eigenvalue weighted by Gasteiger charge is -2.17. The van der Waals surface area contributed by atoms with Gasteiger partial charge in [0, 0.05) is 12.8 Å². The number of nitrogens with one attached hydrogen (secondary N) is 1. The van der Waals surface area contributed by atoms with Crippen molar-refractivity contribution in [1.82, 2.24) is 4.98 Å². The van der Waals surface area contributed by atoms with E-state index in [1.807, 2.05) is 6.92 Å². The summed E-state index contributed by atoms with van der Waals surface area (Å²) in [6, 6.07) is 2.00. The number of pyridine rings is 1. The minimum atomic E-state index is -4.34.